The molecular formula is C12H18N2. The Kier molecular flexibility index (Phi) is 2.71. The van der Waals surface area contributed by atoms with E-state index in [4.69, 9.17) is 0 Å². The maximum atomic E-state index is 4.19. The summed E-state index contributed by atoms with van der Waals surface area (Å²) in [6.45, 7) is 4.36. The summed E-state index contributed by atoms with van der Waals surface area (Å²) < 4.78 is 0. The lowest BCUT2D eigenvalue weighted by Crippen LogP contribution is -2.21. The summed E-state index contributed by atoms with van der Waals surface area (Å²) >= 11 is 0. The zero-order valence-electron chi connectivity index (χ0n) is 8.96. The van der Waals surface area contributed by atoms with E-state index in [1.54, 1.807) is 0 Å². The molecule has 2 heteroatoms. The number of anilines is 1. The minimum atomic E-state index is 0.664. The molecule has 1 aromatic heterocycles. The second-order valence-corrected chi connectivity index (χ2v) is 4.34. The maximum Gasteiger partial charge on any atom is 0.0393 e. The molecule has 2 atom stereocenters. The standard InChI is InChI=1S/C12H18N2/c1-9-4-3-5-12(9)14-11-6-7-13-10(2)8-11/h6-9,12H,3-5H2,1-2H3,(H,13,14). The Morgan fingerprint density at radius 2 is 2.29 bits per heavy atom. The van der Waals surface area contributed by atoms with E-state index in [1.165, 1.54) is 24.9 Å². The molecule has 1 N–H and O–H groups in total. The molecule has 0 aliphatic heterocycles. The molecule has 14 heavy (non-hydrogen) atoms. The molecule has 2 nitrogen and oxygen atoms in total. The first-order chi connectivity index (χ1) is 6.75. The fourth-order valence-corrected chi connectivity index (χ4v) is 2.21. The summed E-state index contributed by atoms with van der Waals surface area (Å²) in [7, 11) is 0. The second kappa shape index (κ2) is 3.99. The topological polar surface area (TPSA) is 24.9 Å². The highest BCUT2D eigenvalue weighted by Gasteiger charge is 2.22. The monoisotopic (exact) mass is 190 g/mol. The van der Waals surface area contributed by atoms with Gasteiger partial charge in [0, 0.05) is 23.6 Å². The second-order valence-electron chi connectivity index (χ2n) is 4.34. The van der Waals surface area contributed by atoms with Gasteiger partial charge in [0.1, 0.15) is 0 Å². The van der Waals surface area contributed by atoms with Crippen LogP contribution in [0.3, 0.4) is 0 Å². The van der Waals surface area contributed by atoms with Crippen molar-refractivity contribution in [2.24, 2.45) is 5.92 Å². The van der Waals surface area contributed by atoms with Crippen LogP contribution in [0.2, 0.25) is 0 Å². The Morgan fingerprint density at radius 1 is 1.43 bits per heavy atom. The normalized spacial score (nSPS) is 26.4. The van der Waals surface area contributed by atoms with Gasteiger partial charge >= 0.3 is 0 Å². The van der Waals surface area contributed by atoms with Gasteiger partial charge in [-0.2, -0.15) is 0 Å². The Balaban J connectivity index is 2.03. The van der Waals surface area contributed by atoms with Crippen LogP contribution >= 0.6 is 0 Å². The van der Waals surface area contributed by atoms with Crippen LogP contribution in [0.15, 0.2) is 18.3 Å². The molecule has 1 saturated carbocycles. The minimum Gasteiger partial charge on any atom is -0.382 e. The number of rotatable bonds is 2. The molecule has 0 aromatic carbocycles. The molecule has 1 aromatic rings. The van der Waals surface area contributed by atoms with Gasteiger partial charge in [0.25, 0.3) is 0 Å². The Bertz CT molecular complexity index is 309. The molecule has 0 bridgehead atoms. The van der Waals surface area contributed by atoms with Gasteiger partial charge in [0.15, 0.2) is 0 Å². The summed E-state index contributed by atoms with van der Waals surface area (Å²) in [5.41, 5.74) is 2.30. The molecule has 1 aliphatic rings. The average molecular weight is 190 g/mol. The molecule has 2 unspecified atom stereocenters. The third-order valence-corrected chi connectivity index (χ3v) is 3.11. The summed E-state index contributed by atoms with van der Waals surface area (Å²) in [6.07, 6.45) is 5.91. The smallest absolute Gasteiger partial charge is 0.0393 e. The van der Waals surface area contributed by atoms with Crippen LogP contribution in [0.4, 0.5) is 5.69 Å². The minimum absolute atomic E-state index is 0.664. The highest BCUT2D eigenvalue weighted by atomic mass is 14.9. The molecule has 2 rings (SSSR count). The lowest BCUT2D eigenvalue weighted by atomic mass is 10.1. The first-order valence-corrected chi connectivity index (χ1v) is 5.45. The van der Waals surface area contributed by atoms with Gasteiger partial charge in [0.05, 0.1) is 0 Å². The third kappa shape index (κ3) is 2.06. The van der Waals surface area contributed by atoms with Gasteiger partial charge in [-0.25, -0.2) is 0 Å². The lowest BCUT2D eigenvalue weighted by molar-refractivity contribution is 0.556. The number of pyridine rings is 1. The fraction of sp³-hybridized carbons (Fsp3) is 0.583. The van der Waals surface area contributed by atoms with E-state index in [0.29, 0.717) is 6.04 Å². The van der Waals surface area contributed by atoms with Crippen molar-refractivity contribution in [3.8, 4) is 0 Å². The number of aryl methyl sites for hydroxylation is 1. The molecule has 76 valence electrons. The predicted molar refractivity (Wildman–Crippen MR) is 59.4 cm³/mol. The molecule has 0 amide bonds. The van der Waals surface area contributed by atoms with E-state index in [1.807, 2.05) is 13.1 Å². The van der Waals surface area contributed by atoms with Crippen molar-refractivity contribution in [2.45, 2.75) is 39.2 Å². The van der Waals surface area contributed by atoms with E-state index in [9.17, 15) is 0 Å². The van der Waals surface area contributed by atoms with E-state index >= 15 is 0 Å². The van der Waals surface area contributed by atoms with Crippen LogP contribution in [0.1, 0.15) is 31.9 Å². The Labute approximate surface area is 85.7 Å². The maximum absolute atomic E-state index is 4.19. The third-order valence-electron chi connectivity index (χ3n) is 3.11. The van der Waals surface area contributed by atoms with Crippen LogP contribution < -0.4 is 5.32 Å². The van der Waals surface area contributed by atoms with Crippen LogP contribution in [-0.4, -0.2) is 11.0 Å². The van der Waals surface area contributed by atoms with Gasteiger partial charge < -0.3 is 5.32 Å². The van der Waals surface area contributed by atoms with Crippen molar-refractivity contribution >= 4 is 5.69 Å². The van der Waals surface area contributed by atoms with Crippen molar-refractivity contribution in [3.05, 3.63) is 24.0 Å². The van der Waals surface area contributed by atoms with E-state index in [0.717, 1.165) is 11.6 Å². The van der Waals surface area contributed by atoms with Gasteiger partial charge in [-0.05, 0) is 37.8 Å². The number of hydrogen-bond acceptors (Lipinski definition) is 2. The van der Waals surface area contributed by atoms with Crippen molar-refractivity contribution in [2.75, 3.05) is 5.32 Å². The first-order valence-electron chi connectivity index (χ1n) is 5.45. The number of hydrogen-bond donors (Lipinski definition) is 1. The lowest BCUT2D eigenvalue weighted by Gasteiger charge is -2.18. The largest absolute Gasteiger partial charge is 0.382 e. The quantitative estimate of drug-likeness (QED) is 0.775. The molecule has 1 aliphatic carbocycles. The van der Waals surface area contributed by atoms with E-state index in [2.05, 4.69) is 29.4 Å². The number of nitrogens with one attached hydrogen (secondary N) is 1. The van der Waals surface area contributed by atoms with Crippen molar-refractivity contribution in [1.82, 2.24) is 4.98 Å². The molecule has 0 spiro atoms. The molecule has 0 saturated heterocycles. The summed E-state index contributed by atoms with van der Waals surface area (Å²) in [4.78, 5) is 4.19. The van der Waals surface area contributed by atoms with Crippen molar-refractivity contribution < 1.29 is 0 Å². The highest BCUT2D eigenvalue weighted by molar-refractivity contribution is 5.44. The fourth-order valence-electron chi connectivity index (χ4n) is 2.21. The zero-order chi connectivity index (χ0) is 9.97. The van der Waals surface area contributed by atoms with Crippen LogP contribution in [0, 0.1) is 12.8 Å². The zero-order valence-corrected chi connectivity index (χ0v) is 8.96. The van der Waals surface area contributed by atoms with Crippen molar-refractivity contribution in [1.29, 1.82) is 0 Å². The van der Waals surface area contributed by atoms with Gasteiger partial charge in [-0.1, -0.05) is 13.3 Å². The molecular weight excluding hydrogens is 172 g/mol. The Hall–Kier alpha value is -1.05. The summed E-state index contributed by atoms with van der Waals surface area (Å²) in [5, 5.41) is 3.59. The van der Waals surface area contributed by atoms with Crippen molar-refractivity contribution in [3.63, 3.8) is 0 Å². The highest BCUT2D eigenvalue weighted by Crippen LogP contribution is 2.27. The van der Waals surface area contributed by atoms with Crippen LogP contribution in [0.25, 0.3) is 0 Å². The Morgan fingerprint density at radius 3 is 2.93 bits per heavy atom. The van der Waals surface area contributed by atoms with E-state index in [-0.39, 0.29) is 0 Å². The van der Waals surface area contributed by atoms with E-state index < -0.39 is 0 Å². The van der Waals surface area contributed by atoms with Gasteiger partial charge in [-0.3, -0.25) is 4.98 Å². The summed E-state index contributed by atoms with van der Waals surface area (Å²) in [5.74, 6) is 0.809. The number of aromatic nitrogens is 1. The van der Waals surface area contributed by atoms with Gasteiger partial charge in [-0.15, -0.1) is 0 Å². The first kappa shape index (κ1) is 9.50. The summed E-state index contributed by atoms with van der Waals surface area (Å²) in [6, 6.07) is 4.83. The van der Waals surface area contributed by atoms with Gasteiger partial charge in [0.2, 0.25) is 0 Å². The predicted octanol–water partition coefficient (Wildman–Crippen LogP) is 2.99. The molecule has 1 fully saturated rings. The molecule has 0 radical (unpaired) electrons. The molecule has 1 heterocycles. The van der Waals surface area contributed by atoms with Crippen LogP contribution in [-0.2, 0) is 0 Å². The average Bonchev–Trinajstić information content (AvgIpc) is 2.52. The SMILES string of the molecule is Cc1cc(NC2CCCC2C)ccn1. The van der Waals surface area contributed by atoms with Crippen LogP contribution in [0.5, 0.6) is 0 Å². The number of nitrogens with zero attached hydrogens (tertiary/aromatic N) is 1.